The fourth-order valence-corrected chi connectivity index (χ4v) is 4.50. The van der Waals surface area contributed by atoms with Crippen LogP contribution in [0.25, 0.3) is 0 Å². The van der Waals surface area contributed by atoms with Gasteiger partial charge in [-0.1, -0.05) is 25.5 Å². The smallest absolute Gasteiger partial charge is 0.227 e. The molecule has 0 saturated carbocycles. The molecule has 0 bridgehead atoms. The van der Waals surface area contributed by atoms with E-state index in [9.17, 15) is 13.2 Å². The first-order valence-electron chi connectivity index (χ1n) is 7.75. The minimum absolute atomic E-state index is 0.000298. The van der Waals surface area contributed by atoms with Gasteiger partial charge in [-0.2, -0.15) is 0 Å². The van der Waals surface area contributed by atoms with Gasteiger partial charge in [-0.3, -0.25) is 4.79 Å². The van der Waals surface area contributed by atoms with E-state index in [-0.39, 0.29) is 23.5 Å². The SMILES string of the molecule is CCCCN(C(=O)Cc1ccc(N)cc1)C1CCS(=O)(=O)C1. The molecule has 2 N–H and O–H groups in total. The summed E-state index contributed by atoms with van der Waals surface area (Å²) in [7, 11) is -2.99. The summed E-state index contributed by atoms with van der Waals surface area (Å²) in [4.78, 5) is 14.4. The van der Waals surface area contributed by atoms with Crippen LogP contribution < -0.4 is 5.73 Å². The van der Waals surface area contributed by atoms with Crippen molar-refractivity contribution in [3.63, 3.8) is 0 Å². The molecule has 1 amide bonds. The van der Waals surface area contributed by atoms with Gasteiger partial charge in [-0.15, -0.1) is 0 Å². The molecule has 6 heteroatoms. The first-order chi connectivity index (χ1) is 10.4. The molecule has 0 aliphatic carbocycles. The average molecular weight is 324 g/mol. The number of sulfone groups is 1. The molecule has 0 aromatic heterocycles. The Bertz CT molecular complexity index is 611. The summed E-state index contributed by atoms with van der Waals surface area (Å²) in [6, 6.07) is 7.07. The summed E-state index contributed by atoms with van der Waals surface area (Å²) >= 11 is 0. The van der Waals surface area contributed by atoms with Gasteiger partial charge in [0.05, 0.1) is 17.9 Å². The molecule has 0 spiro atoms. The zero-order valence-corrected chi connectivity index (χ0v) is 13.8. The van der Waals surface area contributed by atoms with Crippen LogP contribution in [0.1, 0.15) is 31.7 Å². The molecular formula is C16H24N2O3S. The molecule has 122 valence electrons. The molecule has 0 radical (unpaired) electrons. The Kier molecular flexibility index (Phi) is 5.45. The van der Waals surface area contributed by atoms with E-state index in [1.165, 1.54) is 0 Å². The van der Waals surface area contributed by atoms with Gasteiger partial charge >= 0.3 is 0 Å². The number of carbonyl (C=O) groups excluding carboxylic acids is 1. The molecule has 1 aliphatic rings. The molecule has 1 heterocycles. The normalized spacial score (nSPS) is 20.0. The van der Waals surface area contributed by atoms with E-state index >= 15 is 0 Å². The van der Waals surface area contributed by atoms with E-state index in [1.54, 1.807) is 17.0 Å². The lowest BCUT2D eigenvalue weighted by atomic mass is 10.1. The largest absolute Gasteiger partial charge is 0.399 e. The third kappa shape index (κ3) is 4.47. The van der Waals surface area contributed by atoms with Crippen LogP contribution in [0.4, 0.5) is 5.69 Å². The number of benzene rings is 1. The predicted molar refractivity (Wildman–Crippen MR) is 88.2 cm³/mol. The molecule has 5 nitrogen and oxygen atoms in total. The van der Waals surface area contributed by atoms with E-state index in [0.717, 1.165) is 18.4 Å². The summed E-state index contributed by atoms with van der Waals surface area (Å²) < 4.78 is 23.4. The monoisotopic (exact) mass is 324 g/mol. The Morgan fingerprint density at radius 3 is 2.55 bits per heavy atom. The lowest BCUT2D eigenvalue weighted by molar-refractivity contribution is -0.132. The zero-order chi connectivity index (χ0) is 16.2. The van der Waals surface area contributed by atoms with E-state index in [1.807, 2.05) is 12.1 Å². The average Bonchev–Trinajstić information content (AvgIpc) is 2.82. The van der Waals surface area contributed by atoms with Crippen molar-refractivity contribution in [1.82, 2.24) is 4.90 Å². The number of amides is 1. The minimum atomic E-state index is -2.99. The summed E-state index contributed by atoms with van der Waals surface area (Å²) in [5.74, 6) is 0.292. The fraction of sp³-hybridized carbons (Fsp3) is 0.562. The van der Waals surface area contributed by atoms with E-state index in [2.05, 4.69) is 6.92 Å². The molecule has 1 aliphatic heterocycles. The molecular weight excluding hydrogens is 300 g/mol. The highest BCUT2D eigenvalue weighted by Gasteiger charge is 2.34. The molecule has 1 unspecified atom stereocenters. The lowest BCUT2D eigenvalue weighted by Gasteiger charge is -2.28. The minimum Gasteiger partial charge on any atom is -0.399 e. The third-order valence-electron chi connectivity index (χ3n) is 4.06. The number of nitrogen functional groups attached to an aromatic ring is 1. The first kappa shape index (κ1) is 16.8. The summed E-state index contributed by atoms with van der Waals surface area (Å²) in [5, 5.41) is 0. The van der Waals surface area contributed by atoms with E-state index < -0.39 is 9.84 Å². The molecule has 22 heavy (non-hydrogen) atoms. The number of rotatable bonds is 6. The number of carbonyl (C=O) groups is 1. The highest BCUT2D eigenvalue weighted by molar-refractivity contribution is 7.91. The number of nitrogens with zero attached hydrogens (tertiary/aromatic N) is 1. The van der Waals surface area contributed by atoms with Crippen LogP contribution in [0.5, 0.6) is 0 Å². The quantitative estimate of drug-likeness (QED) is 0.807. The van der Waals surface area contributed by atoms with Crippen molar-refractivity contribution in [2.75, 3.05) is 23.8 Å². The van der Waals surface area contributed by atoms with Crippen molar-refractivity contribution in [2.45, 2.75) is 38.6 Å². The Hall–Kier alpha value is -1.56. The molecule has 1 fully saturated rings. The van der Waals surface area contributed by atoms with Crippen molar-refractivity contribution in [3.05, 3.63) is 29.8 Å². The molecule has 2 rings (SSSR count). The van der Waals surface area contributed by atoms with Crippen molar-refractivity contribution in [3.8, 4) is 0 Å². The van der Waals surface area contributed by atoms with Crippen molar-refractivity contribution in [2.24, 2.45) is 0 Å². The topological polar surface area (TPSA) is 80.5 Å². The van der Waals surface area contributed by atoms with Gasteiger partial charge < -0.3 is 10.6 Å². The summed E-state index contributed by atoms with van der Waals surface area (Å²) in [5.41, 5.74) is 7.22. The van der Waals surface area contributed by atoms with Gasteiger partial charge in [0, 0.05) is 18.3 Å². The highest BCUT2D eigenvalue weighted by Crippen LogP contribution is 2.20. The number of hydrogen-bond acceptors (Lipinski definition) is 4. The number of unbranched alkanes of at least 4 members (excludes halogenated alkanes) is 1. The van der Waals surface area contributed by atoms with Gasteiger partial charge in [-0.25, -0.2) is 8.42 Å². The standard InChI is InChI=1S/C16H24N2O3S/c1-2-3-9-18(15-8-10-22(20,21)12-15)16(19)11-13-4-6-14(17)7-5-13/h4-7,15H,2-3,8-12,17H2,1H3. The third-order valence-corrected chi connectivity index (χ3v) is 5.81. The van der Waals surface area contributed by atoms with Gasteiger partial charge in [0.2, 0.25) is 5.91 Å². The van der Waals surface area contributed by atoms with E-state index in [0.29, 0.717) is 25.1 Å². The summed E-state index contributed by atoms with van der Waals surface area (Å²) in [6.07, 6.45) is 2.72. The van der Waals surface area contributed by atoms with Gasteiger partial charge in [0.25, 0.3) is 0 Å². The Morgan fingerprint density at radius 1 is 1.32 bits per heavy atom. The lowest BCUT2D eigenvalue weighted by Crippen LogP contribution is -2.42. The van der Waals surface area contributed by atoms with Gasteiger partial charge in [0.15, 0.2) is 9.84 Å². The van der Waals surface area contributed by atoms with Crippen LogP contribution in [0.3, 0.4) is 0 Å². The Balaban J connectivity index is 2.07. The van der Waals surface area contributed by atoms with Gasteiger partial charge in [0.1, 0.15) is 0 Å². The predicted octanol–water partition coefficient (Wildman–Crippen LogP) is 1.63. The molecule has 1 atom stereocenters. The number of hydrogen-bond donors (Lipinski definition) is 1. The maximum atomic E-state index is 12.6. The Labute approximate surface area is 132 Å². The second-order valence-electron chi connectivity index (χ2n) is 5.92. The van der Waals surface area contributed by atoms with Crippen molar-refractivity contribution < 1.29 is 13.2 Å². The Morgan fingerprint density at radius 2 is 2.00 bits per heavy atom. The maximum absolute atomic E-state index is 12.6. The van der Waals surface area contributed by atoms with Crippen LogP contribution in [-0.4, -0.2) is 43.3 Å². The second kappa shape index (κ2) is 7.13. The number of anilines is 1. The molecule has 1 aromatic carbocycles. The van der Waals surface area contributed by atoms with Crippen LogP contribution >= 0.6 is 0 Å². The zero-order valence-electron chi connectivity index (χ0n) is 13.0. The van der Waals surface area contributed by atoms with Crippen LogP contribution in [-0.2, 0) is 21.1 Å². The van der Waals surface area contributed by atoms with Crippen LogP contribution in [0, 0.1) is 0 Å². The second-order valence-corrected chi connectivity index (χ2v) is 8.14. The van der Waals surface area contributed by atoms with Crippen LogP contribution in [0.15, 0.2) is 24.3 Å². The maximum Gasteiger partial charge on any atom is 0.227 e. The van der Waals surface area contributed by atoms with Crippen molar-refractivity contribution >= 4 is 21.4 Å². The summed E-state index contributed by atoms with van der Waals surface area (Å²) in [6.45, 7) is 2.69. The first-order valence-corrected chi connectivity index (χ1v) is 9.57. The van der Waals surface area contributed by atoms with Gasteiger partial charge in [-0.05, 0) is 30.5 Å². The number of nitrogens with two attached hydrogens (primary N) is 1. The van der Waals surface area contributed by atoms with Crippen molar-refractivity contribution in [1.29, 1.82) is 0 Å². The van der Waals surface area contributed by atoms with Crippen LogP contribution in [0.2, 0.25) is 0 Å². The molecule has 1 saturated heterocycles. The molecule has 1 aromatic rings. The highest BCUT2D eigenvalue weighted by atomic mass is 32.2. The van der Waals surface area contributed by atoms with E-state index in [4.69, 9.17) is 5.73 Å². The fourth-order valence-electron chi connectivity index (χ4n) is 2.77.